The Bertz CT molecular complexity index is 924. The minimum absolute atomic E-state index is 0.727. The minimum atomic E-state index is 0.727. The molecule has 2 aromatic carbocycles. The number of ether oxygens (including phenoxy) is 2. The molecule has 0 atom stereocenters. The van der Waals surface area contributed by atoms with Gasteiger partial charge in [-0.3, -0.25) is 4.79 Å². The molecule has 4 nitrogen and oxygen atoms in total. The van der Waals surface area contributed by atoms with Gasteiger partial charge in [0, 0.05) is 28.6 Å². The molecule has 116 valence electrons. The van der Waals surface area contributed by atoms with Crippen LogP contribution in [-0.4, -0.2) is 25.1 Å². The van der Waals surface area contributed by atoms with E-state index in [-0.39, 0.29) is 0 Å². The number of carbonyl (C=O) groups is 1. The van der Waals surface area contributed by atoms with Gasteiger partial charge in [-0.15, -0.1) is 0 Å². The van der Waals surface area contributed by atoms with E-state index in [0.717, 1.165) is 58.5 Å². The fourth-order valence-corrected chi connectivity index (χ4v) is 3.50. The zero-order chi connectivity index (χ0) is 16.0. The lowest BCUT2D eigenvalue weighted by molar-refractivity contribution is 0.112. The molecule has 0 radical (unpaired) electrons. The fourth-order valence-electron chi connectivity index (χ4n) is 3.50. The van der Waals surface area contributed by atoms with E-state index in [4.69, 9.17) is 9.47 Å². The van der Waals surface area contributed by atoms with Gasteiger partial charge >= 0.3 is 0 Å². The molecule has 0 amide bonds. The normalized spacial score (nSPS) is 12.6. The van der Waals surface area contributed by atoms with Crippen molar-refractivity contribution in [1.29, 1.82) is 0 Å². The molecular weight excluding hydrogens is 290 g/mol. The van der Waals surface area contributed by atoms with Crippen LogP contribution in [0.25, 0.3) is 22.2 Å². The first kappa shape index (κ1) is 13.9. The van der Waals surface area contributed by atoms with Crippen molar-refractivity contribution in [2.75, 3.05) is 14.2 Å². The van der Waals surface area contributed by atoms with E-state index in [1.807, 2.05) is 30.3 Å². The molecule has 0 fully saturated rings. The Kier molecular flexibility index (Phi) is 3.11. The molecule has 1 aliphatic heterocycles. The van der Waals surface area contributed by atoms with Crippen LogP contribution in [0.3, 0.4) is 0 Å². The van der Waals surface area contributed by atoms with Gasteiger partial charge in [0.1, 0.15) is 11.5 Å². The summed E-state index contributed by atoms with van der Waals surface area (Å²) in [5.74, 6) is 1.61. The first-order chi connectivity index (χ1) is 11.3. The third kappa shape index (κ3) is 1.95. The van der Waals surface area contributed by atoms with Crippen LogP contribution in [0.2, 0.25) is 0 Å². The maximum Gasteiger partial charge on any atom is 0.152 e. The number of benzene rings is 2. The maximum absolute atomic E-state index is 11.8. The zero-order valence-electron chi connectivity index (χ0n) is 13.1. The Morgan fingerprint density at radius 2 is 1.78 bits per heavy atom. The van der Waals surface area contributed by atoms with Crippen LogP contribution in [0, 0.1) is 0 Å². The molecule has 0 N–H and O–H groups in total. The minimum Gasteiger partial charge on any atom is -0.497 e. The Hall–Kier alpha value is -2.75. The van der Waals surface area contributed by atoms with Gasteiger partial charge in [0.25, 0.3) is 0 Å². The number of carbonyl (C=O) groups excluding carboxylic acids is 1. The van der Waals surface area contributed by atoms with Crippen LogP contribution in [0.5, 0.6) is 11.5 Å². The van der Waals surface area contributed by atoms with E-state index < -0.39 is 0 Å². The van der Waals surface area contributed by atoms with E-state index in [9.17, 15) is 4.79 Å². The first-order valence-corrected chi connectivity index (χ1v) is 7.59. The van der Waals surface area contributed by atoms with E-state index >= 15 is 0 Å². The van der Waals surface area contributed by atoms with Gasteiger partial charge in [0.05, 0.1) is 19.9 Å². The van der Waals surface area contributed by atoms with Crippen LogP contribution >= 0.6 is 0 Å². The van der Waals surface area contributed by atoms with Crippen LogP contribution in [-0.2, 0) is 13.0 Å². The fraction of sp³-hybridized carbons (Fsp3) is 0.211. The number of aldehydes is 1. The summed E-state index contributed by atoms with van der Waals surface area (Å²) < 4.78 is 12.9. The molecule has 4 heteroatoms. The second-order valence-corrected chi connectivity index (χ2v) is 5.69. The molecule has 2 heterocycles. The Labute approximate surface area is 134 Å². The average Bonchev–Trinajstić information content (AvgIpc) is 2.94. The second kappa shape index (κ2) is 5.16. The first-order valence-electron chi connectivity index (χ1n) is 7.59. The second-order valence-electron chi connectivity index (χ2n) is 5.69. The third-order valence-electron chi connectivity index (χ3n) is 4.60. The summed E-state index contributed by atoms with van der Waals surface area (Å²) in [6.07, 6.45) is 1.88. The molecule has 0 bridgehead atoms. The number of fused-ring (bicyclic) bond motifs is 5. The van der Waals surface area contributed by atoms with E-state index in [1.165, 1.54) is 5.56 Å². The topological polar surface area (TPSA) is 40.5 Å². The molecular formula is C19H17NO3. The summed E-state index contributed by atoms with van der Waals surface area (Å²) in [6, 6.07) is 12.0. The third-order valence-corrected chi connectivity index (χ3v) is 4.60. The number of rotatable bonds is 3. The van der Waals surface area contributed by atoms with Gasteiger partial charge in [-0.1, -0.05) is 0 Å². The highest BCUT2D eigenvalue weighted by molar-refractivity contribution is 6.06. The highest BCUT2D eigenvalue weighted by atomic mass is 16.5. The summed E-state index contributed by atoms with van der Waals surface area (Å²) >= 11 is 0. The molecule has 23 heavy (non-hydrogen) atoms. The number of nitrogens with zero attached hydrogens (tertiary/aromatic N) is 1. The van der Waals surface area contributed by atoms with Crippen LogP contribution in [0.4, 0.5) is 0 Å². The zero-order valence-corrected chi connectivity index (χ0v) is 13.1. The molecule has 0 spiro atoms. The predicted octanol–water partition coefficient (Wildman–Crippen LogP) is 3.69. The number of methoxy groups -OCH3 is 2. The molecule has 3 aromatic rings. The van der Waals surface area contributed by atoms with Crippen molar-refractivity contribution < 1.29 is 14.3 Å². The standard InChI is InChI=1S/C19H17NO3/c1-22-13-3-5-15-12(9-13)7-8-20-18-6-4-14(23-2)10-16(18)17(11-21)19(15)20/h3-6,9-11H,7-8H2,1-2H3. The van der Waals surface area contributed by atoms with Crippen molar-refractivity contribution >= 4 is 17.2 Å². The van der Waals surface area contributed by atoms with Gasteiger partial charge in [-0.2, -0.15) is 0 Å². The average molecular weight is 307 g/mol. The summed E-state index contributed by atoms with van der Waals surface area (Å²) in [5.41, 5.74) is 5.12. The molecule has 1 aliphatic rings. The van der Waals surface area contributed by atoms with Gasteiger partial charge < -0.3 is 14.0 Å². The summed E-state index contributed by atoms with van der Waals surface area (Å²) in [5, 5.41) is 0.943. The Morgan fingerprint density at radius 3 is 2.52 bits per heavy atom. The van der Waals surface area contributed by atoms with Crippen molar-refractivity contribution in [1.82, 2.24) is 4.57 Å². The van der Waals surface area contributed by atoms with Gasteiger partial charge in [-0.05, 0) is 48.4 Å². The quantitative estimate of drug-likeness (QED) is 0.693. The number of aromatic nitrogens is 1. The van der Waals surface area contributed by atoms with Crippen molar-refractivity contribution in [3.63, 3.8) is 0 Å². The lowest BCUT2D eigenvalue weighted by atomic mass is 9.96. The summed E-state index contributed by atoms with van der Waals surface area (Å²) in [4.78, 5) is 11.8. The van der Waals surface area contributed by atoms with Crippen LogP contribution in [0.1, 0.15) is 15.9 Å². The van der Waals surface area contributed by atoms with Gasteiger partial charge in [0.2, 0.25) is 0 Å². The van der Waals surface area contributed by atoms with Crippen molar-refractivity contribution in [3.8, 4) is 22.8 Å². The van der Waals surface area contributed by atoms with Gasteiger partial charge in [-0.25, -0.2) is 0 Å². The van der Waals surface area contributed by atoms with E-state index in [1.54, 1.807) is 14.2 Å². The molecule has 0 saturated carbocycles. The van der Waals surface area contributed by atoms with E-state index in [0.29, 0.717) is 0 Å². The van der Waals surface area contributed by atoms with Crippen molar-refractivity contribution in [2.24, 2.45) is 0 Å². The summed E-state index contributed by atoms with van der Waals surface area (Å²) in [6.45, 7) is 0.853. The Morgan fingerprint density at radius 1 is 1.04 bits per heavy atom. The maximum atomic E-state index is 11.8. The lowest BCUT2D eigenvalue weighted by Gasteiger charge is -2.21. The smallest absolute Gasteiger partial charge is 0.152 e. The van der Waals surface area contributed by atoms with Crippen LogP contribution in [0.15, 0.2) is 36.4 Å². The van der Waals surface area contributed by atoms with Crippen LogP contribution < -0.4 is 9.47 Å². The highest BCUT2D eigenvalue weighted by Crippen LogP contribution is 2.40. The van der Waals surface area contributed by atoms with E-state index in [2.05, 4.69) is 10.6 Å². The molecule has 0 aliphatic carbocycles. The van der Waals surface area contributed by atoms with Crippen molar-refractivity contribution in [2.45, 2.75) is 13.0 Å². The van der Waals surface area contributed by atoms with Crippen molar-refractivity contribution in [3.05, 3.63) is 47.5 Å². The molecule has 0 unspecified atom stereocenters. The molecule has 4 rings (SSSR count). The summed E-state index contributed by atoms with van der Waals surface area (Å²) in [7, 11) is 3.31. The largest absolute Gasteiger partial charge is 0.497 e. The number of hydrogen-bond acceptors (Lipinski definition) is 3. The molecule has 1 aromatic heterocycles. The highest BCUT2D eigenvalue weighted by Gasteiger charge is 2.24. The SMILES string of the molecule is COc1ccc2c(c1)CCn1c-2c(C=O)c2cc(OC)ccc21. The number of aryl methyl sites for hydroxylation is 2. The monoisotopic (exact) mass is 307 g/mol. The molecule has 0 saturated heterocycles. The lowest BCUT2D eigenvalue weighted by Crippen LogP contribution is -2.11. The Balaban J connectivity index is 2.04. The predicted molar refractivity (Wildman–Crippen MR) is 89.6 cm³/mol. The van der Waals surface area contributed by atoms with Gasteiger partial charge in [0.15, 0.2) is 6.29 Å². The number of hydrogen-bond donors (Lipinski definition) is 0.